The van der Waals surface area contributed by atoms with Gasteiger partial charge in [-0.25, -0.2) is 4.68 Å². The fourth-order valence-electron chi connectivity index (χ4n) is 2.30. The molecule has 3 N–H and O–H groups in total. The van der Waals surface area contributed by atoms with Gasteiger partial charge in [-0.1, -0.05) is 6.92 Å². The first-order chi connectivity index (χ1) is 13.4. The minimum atomic E-state index is -0.424. The molecule has 0 atom stereocenters. The number of hydrogen-bond donors (Lipinski definition) is 3. The zero-order valence-corrected chi connectivity index (χ0v) is 15.8. The minimum absolute atomic E-state index is 0.100. The molecule has 9 heteroatoms. The van der Waals surface area contributed by atoms with E-state index in [1.54, 1.807) is 38.1 Å². The summed E-state index contributed by atoms with van der Waals surface area (Å²) in [6.45, 7) is 4.33. The maximum Gasteiger partial charge on any atom is 0.271 e. The van der Waals surface area contributed by atoms with Crippen LogP contribution in [0.3, 0.4) is 0 Å². The van der Waals surface area contributed by atoms with Crippen molar-refractivity contribution >= 4 is 23.4 Å². The molecular formula is C19H23N5O4. The Labute approximate surface area is 162 Å². The number of carbonyl (C=O) groups is 3. The molecule has 0 saturated heterocycles. The lowest BCUT2D eigenvalue weighted by molar-refractivity contribution is -0.115. The standard InChI is InChI=1S/C19H23N5O4/c1-3-16(25)22-14-7-5-13(6-8-14)18(27)20-11-12-21-19(28)15-9-10-17(26)24(4-2)23-15/h5-10H,3-4,11-12H2,1-2H3,(H,20,27)(H,21,28)(H,22,25). The first kappa shape index (κ1) is 20.8. The summed E-state index contributed by atoms with van der Waals surface area (Å²) in [5, 5.41) is 12.0. The molecule has 0 saturated carbocycles. The van der Waals surface area contributed by atoms with E-state index in [4.69, 9.17) is 0 Å². The van der Waals surface area contributed by atoms with Crippen LogP contribution in [0.4, 0.5) is 5.69 Å². The Bertz CT molecular complexity index is 905. The van der Waals surface area contributed by atoms with E-state index in [0.717, 1.165) is 0 Å². The summed E-state index contributed by atoms with van der Waals surface area (Å²) in [4.78, 5) is 47.0. The maximum atomic E-state index is 12.1. The number of nitrogens with zero attached hydrogens (tertiary/aromatic N) is 2. The highest BCUT2D eigenvalue weighted by atomic mass is 16.2. The van der Waals surface area contributed by atoms with Crippen molar-refractivity contribution in [3.63, 3.8) is 0 Å². The van der Waals surface area contributed by atoms with E-state index < -0.39 is 5.91 Å². The van der Waals surface area contributed by atoms with Gasteiger partial charge >= 0.3 is 0 Å². The van der Waals surface area contributed by atoms with Gasteiger partial charge in [-0.3, -0.25) is 19.2 Å². The average molecular weight is 385 g/mol. The van der Waals surface area contributed by atoms with Crippen molar-refractivity contribution < 1.29 is 14.4 Å². The topological polar surface area (TPSA) is 122 Å². The highest BCUT2D eigenvalue weighted by Gasteiger charge is 2.09. The third-order valence-corrected chi connectivity index (χ3v) is 3.85. The van der Waals surface area contributed by atoms with Crippen LogP contribution in [-0.4, -0.2) is 40.6 Å². The molecule has 0 aliphatic rings. The third-order valence-electron chi connectivity index (χ3n) is 3.85. The van der Waals surface area contributed by atoms with Crippen LogP contribution in [0, 0.1) is 0 Å². The Morgan fingerprint density at radius 3 is 2.18 bits per heavy atom. The monoisotopic (exact) mass is 385 g/mol. The molecule has 3 amide bonds. The number of nitrogens with one attached hydrogen (secondary N) is 3. The van der Waals surface area contributed by atoms with Crippen LogP contribution < -0.4 is 21.5 Å². The lowest BCUT2D eigenvalue weighted by Crippen LogP contribution is -2.36. The molecule has 0 fully saturated rings. The molecule has 2 aromatic rings. The molecule has 2 rings (SSSR count). The van der Waals surface area contributed by atoms with Crippen LogP contribution >= 0.6 is 0 Å². The number of amides is 3. The van der Waals surface area contributed by atoms with Gasteiger partial charge in [0.05, 0.1) is 0 Å². The van der Waals surface area contributed by atoms with Gasteiger partial charge < -0.3 is 16.0 Å². The number of hydrogen-bond acceptors (Lipinski definition) is 5. The highest BCUT2D eigenvalue weighted by Crippen LogP contribution is 2.09. The average Bonchev–Trinajstić information content (AvgIpc) is 2.71. The second kappa shape index (κ2) is 10.0. The number of rotatable bonds is 8. The van der Waals surface area contributed by atoms with Gasteiger partial charge in [-0.05, 0) is 37.3 Å². The Kier molecular flexibility index (Phi) is 7.44. The van der Waals surface area contributed by atoms with Gasteiger partial charge in [0, 0.05) is 43.4 Å². The van der Waals surface area contributed by atoms with Crippen molar-refractivity contribution in [2.75, 3.05) is 18.4 Å². The summed E-state index contributed by atoms with van der Waals surface area (Å²) < 4.78 is 1.20. The third kappa shape index (κ3) is 5.76. The first-order valence-corrected chi connectivity index (χ1v) is 8.99. The summed E-state index contributed by atoms with van der Waals surface area (Å²) in [6.07, 6.45) is 0.378. The Morgan fingerprint density at radius 1 is 0.929 bits per heavy atom. The van der Waals surface area contributed by atoms with E-state index in [0.29, 0.717) is 24.2 Å². The quantitative estimate of drug-likeness (QED) is 0.580. The molecule has 9 nitrogen and oxygen atoms in total. The van der Waals surface area contributed by atoms with E-state index >= 15 is 0 Å². The van der Waals surface area contributed by atoms with E-state index in [1.807, 2.05) is 0 Å². The fraction of sp³-hybridized carbons (Fsp3) is 0.316. The van der Waals surface area contributed by atoms with E-state index in [9.17, 15) is 19.2 Å². The SMILES string of the molecule is CCC(=O)Nc1ccc(C(=O)NCCNC(=O)c2ccc(=O)n(CC)n2)cc1. The molecule has 1 aromatic carbocycles. The largest absolute Gasteiger partial charge is 0.350 e. The van der Waals surface area contributed by atoms with Crippen LogP contribution in [-0.2, 0) is 11.3 Å². The molecule has 0 unspecified atom stereocenters. The molecule has 1 aromatic heterocycles. The van der Waals surface area contributed by atoms with E-state index in [2.05, 4.69) is 21.0 Å². The number of benzene rings is 1. The predicted octanol–water partition coefficient (Wildman–Crippen LogP) is 0.771. The lowest BCUT2D eigenvalue weighted by atomic mass is 10.2. The molecule has 0 aliphatic carbocycles. The van der Waals surface area contributed by atoms with Crippen molar-refractivity contribution in [1.29, 1.82) is 0 Å². The summed E-state index contributed by atoms with van der Waals surface area (Å²) in [6, 6.07) is 9.17. The number of aryl methyl sites for hydroxylation is 1. The van der Waals surface area contributed by atoms with Crippen molar-refractivity contribution in [3.05, 3.63) is 58.0 Å². The van der Waals surface area contributed by atoms with Crippen LogP contribution in [0.25, 0.3) is 0 Å². The molecule has 0 spiro atoms. The van der Waals surface area contributed by atoms with Gasteiger partial charge in [0.15, 0.2) is 0 Å². The maximum absolute atomic E-state index is 12.1. The van der Waals surface area contributed by atoms with Crippen molar-refractivity contribution in [2.24, 2.45) is 0 Å². The Morgan fingerprint density at radius 2 is 1.57 bits per heavy atom. The van der Waals surface area contributed by atoms with Gasteiger partial charge in [0.2, 0.25) is 5.91 Å². The van der Waals surface area contributed by atoms with Crippen LogP contribution in [0.1, 0.15) is 41.1 Å². The van der Waals surface area contributed by atoms with Crippen LogP contribution in [0.5, 0.6) is 0 Å². The second-order valence-corrected chi connectivity index (χ2v) is 5.86. The Hall–Kier alpha value is -3.49. The van der Waals surface area contributed by atoms with Crippen molar-refractivity contribution in [2.45, 2.75) is 26.8 Å². The summed E-state index contributed by atoms with van der Waals surface area (Å²) >= 11 is 0. The van der Waals surface area contributed by atoms with Gasteiger partial charge in [0.25, 0.3) is 17.4 Å². The minimum Gasteiger partial charge on any atom is -0.350 e. The van der Waals surface area contributed by atoms with Crippen LogP contribution in [0.2, 0.25) is 0 Å². The van der Waals surface area contributed by atoms with E-state index in [1.165, 1.54) is 16.8 Å². The highest BCUT2D eigenvalue weighted by molar-refractivity contribution is 5.96. The Balaban J connectivity index is 1.80. The number of aromatic nitrogens is 2. The summed E-state index contributed by atoms with van der Waals surface area (Å²) in [5.41, 5.74) is 0.929. The molecule has 0 bridgehead atoms. The molecule has 1 heterocycles. The second-order valence-electron chi connectivity index (χ2n) is 5.86. The predicted molar refractivity (Wildman–Crippen MR) is 104 cm³/mol. The smallest absolute Gasteiger partial charge is 0.271 e. The first-order valence-electron chi connectivity index (χ1n) is 8.99. The fourth-order valence-corrected chi connectivity index (χ4v) is 2.30. The van der Waals surface area contributed by atoms with Crippen molar-refractivity contribution in [1.82, 2.24) is 20.4 Å². The number of anilines is 1. The molecule has 0 radical (unpaired) electrons. The van der Waals surface area contributed by atoms with Gasteiger partial charge in [0.1, 0.15) is 5.69 Å². The molecule has 0 aliphatic heterocycles. The van der Waals surface area contributed by atoms with Crippen LogP contribution in [0.15, 0.2) is 41.2 Å². The van der Waals surface area contributed by atoms with Crippen molar-refractivity contribution in [3.8, 4) is 0 Å². The van der Waals surface area contributed by atoms with Gasteiger partial charge in [-0.2, -0.15) is 5.10 Å². The molecule has 148 valence electrons. The number of carbonyl (C=O) groups excluding carboxylic acids is 3. The zero-order valence-electron chi connectivity index (χ0n) is 15.8. The lowest BCUT2D eigenvalue weighted by Gasteiger charge is -2.08. The molecule has 28 heavy (non-hydrogen) atoms. The van der Waals surface area contributed by atoms with Gasteiger partial charge in [-0.15, -0.1) is 0 Å². The normalized spacial score (nSPS) is 10.2. The zero-order chi connectivity index (χ0) is 20.5. The van der Waals surface area contributed by atoms with E-state index in [-0.39, 0.29) is 36.2 Å². The summed E-state index contributed by atoms with van der Waals surface area (Å²) in [5.74, 6) is -0.815. The molecular weight excluding hydrogens is 362 g/mol. The summed E-state index contributed by atoms with van der Waals surface area (Å²) in [7, 11) is 0.